The Morgan fingerprint density at radius 3 is 2.72 bits per heavy atom. The molecule has 1 aromatic heterocycles. The third-order valence-electron chi connectivity index (χ3n) is 2.84. The second-order valence-corrected chi connectivity index (χ2v) is 5.68. The van der Waals surface area contributed by atoms with Crippen molar-refractivity contribution in [3.05, 3.63) is 40.2 Å². The van der Waals surface area contributed by atoms with Crippen LogP contribution in [0, 0.1) is 13.8 Å². The van der Waals surface area contributed by atoms with E-state index in [1.807, 2.05) is 36.9 Å². The van der Waals surface area contributed by atoms with Gasteiger partial charge in [0.15, 0.2) is 0 Å². The second-order valence-electron chi connectivity index (χ2n) is 4.28. The van der Waals surface area contributed by atoms with E-state index in [-0.39, 0.29) is 0 Å². The summed E-state index contributed by atoms with van der Waals surface area (Å²) in [6.45, 7) is 4.00. The largest absolute Gasteiger partial charge is 0.399 e. The van der Waals surface area contributed by atoms with Gasteiger partial charge in [-0.05, 0) is 31.5 Å². The highest BCUT2D eigenvalue weighted by Gasteiger charge is 2.11. The first-order valence-corrected chi connectivity index (χ1v) is 7.02. The first-order valence-electron chi connectivity index (χ1n) is 5.66. The van der Waals surface area contributed by atoms with Crippen LogP contribution >= 0.6 is 23.4 Å². The molecule has 0 radical (unpaired) electrons. The van der Waals surface area contributed by atoms with Gasteiger partial charge in [0.05, 0.1) is 16.4 Å². The molecule has 3 nitrogen and oxygen atoms in total. The van der Waals surface area contributed by atoms with Crippen LogP contribution in [0.2, 0.25) is 5.02 Å². The van der Waals surface area contributed by atoms with Gasteiger partial charge in [0.2, 0.25) is 0 Å². The average molecular weight is 282 g/mol. The Labute approximate surface area is 116 Å². The Balaban J connectivity index is 2.19. The molecule has 5 heteroatoms. The summed E-state index contributed by atoms with van der Waals surface area (Å²) in [7, 11) is 1.92. The number of benzene rings is 1. The van der Waals surface area contributed by atoms with Crippen molar-refractivity contribution in [2.75, 3.05) is 5.73 Å². The molecule has 0 amide bonds. The maximum absolute atomic E-state index is 6.23. The van der Waals surface area contributed by atoms with E-state index in [4.69, 9.17) is 17.3 Å². The zero-order valence-electron chi connectivity index (χ0n) is 10.7. The highest BCUT2D eigenvalue weighted by Crippen LogP contribution is 2.30. The van der Waals surface area contributed by atoms with Gasteiger partial charge in [0, 0.05) is 23.4 Å². The third-order valence-corrected chi connectivity index (χ3v) is 4.50. The van der Waals surface area contributed by atoms with Gasteiger partial charge in [-0.25, -0.2) is 0 Å². The molecule has 0 fully saturated rings. The molecule has 0 aliphatic rings. The minimum atomic E-state index is 0.756. The van der Waals surface area contributed by atoms with E-state index in [1.54, 1.807) is 11.8 Å². The number of nitrogen functional groups attached to an aromatic ring is 1. The number of aryl methyl sites for hydroxylation is 3. The molecule has 0 saturated carbocycles. The maximum atomic E-state index is 6.23. The quantitative estimate of drug-likeness (QED) is 0.691. The predicted octanol–water partition coefficient (Wildman–Crippen LogP) is 3.56. The fourth-order valence-corrected chi connectivity index (χ4v) is 3.20. The van der Waals surface area contributed by atoms with Gasteiger partial charge in [-0.3, -0.25) is 4.68 Å². The molecule has 1 heterocycles. The first-order chi connectivity index (χ1) is 8.49. The number of aromatic nitrogens is 2. The van der Waals surface area contributed by atoms with Crippen LogP contribution in [-0.2, 0) is 12.8 Å². The van der Waals surface area contributed by atoms with Crippen molar-refractivity contribution in [3.8, 4) is 0 Å². The van der Waals surface area contributed by atoms with Gasteiger partial charge in [-0.15, -0.1) is 11.8 Å². The number of thioether (sulfide) groups is 1. The zero-order chi connectivity index (χ0) is 13.3. The molecule has 1 aromatic carbocycles. The minimum Gasteiger partial charge on any atom is -0.399 e. The average Bonchev–Trinajstić information content (AvgIpc) is 2.55. The van der Waals surface area contributed by atoms with Gasteiger partial charge in [0.25, 0.3) is 0 Å². The summed E-state index contributed by atoms with van der Waals surface area (Å²) in [5, 5.41) is 5.07. The van der Waals surface area contributed by atoms with Crippen molar-refractivity contribution in [3.63, 3.8) is 0 Å². The number of rotatable bonds is 3. The number of anilines is 1. The molecule has 2 rings (SSSR count). The van der Waals surface area contributed by atoms with Gasteiger partial charge in [-0.2, -0.15) is 5.10 Å². The number of nitrogens with zero attached hydrogens (tertiary/aromatic N) is 2. The van der Waals surface area contributed by atoms with Crippen molar-refractivity contribution in [1.82, 2.24) is 9.78 Å². The molecule has 18 heavy (non-hydrogen) atoms. The monoisotopic (exact) mass is 281 g/mol. The lowest BCUT2D eigenvalue weighted by molar-refractivity contribution is 0.727. The Bertz CT molecular complexity index is 578. The van der Waals surface area contributed by atoms with Crippen LogP contribution < -0.4 is 5.73 Å². The summed E-state index contributed by atoms with van der Waals surface area (Å²) in [6.07, 6.45) is 0. The molecule has 2 aromatic rings. The molecule has 96 valence electrons. The lowest BCUT2D eigenvalue weighted by atomic mass is 10.2. The number of hydrogen-bond acceptors (Lipinski definition) is 3. The van der Waals surface area contributed by atoms with Gasteiger partial charge < -0.3 is 5.73 Å². The second kappa shape index (κ2) is 5.24. The molecule has 0 spiro atoms. The van der Waals surface area contributed by atoms with Gasteiger partial charge in [0.1, 0.15) is 0 Å². The van der Waals surface area contributed by atoms with Crippen LogP contribution in [-0.4, -0.2) is 9.78 Å². The van der Waals surface area contributed by atoms with Crippen LogP contribution in [0.5, 0.6) is 0 Å². The summed E-state index contributed by atoms with van der Waals surface area (Å²) in [5.41, 5.74) is 9.73. The summed E-state index contributed by atoms with van der Waals surface area (Å²) < 4.78 is 1.84. The highest BCUT2D eigenvalue weighted by molar-refractivity contribution is 7.98. The molecule has 0 bridgehead atoms. The molecular formula is C13H16ClN3S. The zero-order valence-corrected chi connectivity index (χ0v) is 12.3. The summed E-state index contributed by atoms with van der Waals surface area (Å²) in [4.78, 5) is 1.19. The van der Waals surface area contributed by atoms with Crippen molar-refractivity contribution in [2.24, 2.45) is 7.05 Å². The first kappa shape index (κ1) is 13.3. The minimum absolute atomic E-state index is 0.756. The SMILES string of the molecule is Cc1ccc(N)cc1SCc1c(Cl)c(C)nn1C. The van der Waals surface area contributed by atoms with E-state index in [1.165, 1.54) is 10.5 Å². The lowest BCUT2D eigenvalue weighted by Gasteiger charge is -2.07. The van der Waals surface area contributed by atoms with Crippen molar-refractivity contribution in [1.29, 1.82) is 0 Å². The van der Waals surface area contributed by atoms with E-state index in [9.17, 15) is 0 Å². The lowest BCUT2D eigenvalue weighted by Crippen LogP contribution is -1.97. The summed E-state index contributed by atoms with van der Waals surface area (Å²) in [5.74, 6) is 0.792. The Morgan fingerprint density at radius 2 is 2.11 bits per heavy atom. The highest BCUT2D eigenvalue weighted by atomic mass is 35.5. The molecule has 0 saturated heterocycles. The standard InChI is InChI=1S/C13H16ClN3S/c1-8-4-5-10(15)6-12(8)18-7-11-13(14)9(2)16-17(11)3/h4-6H,7,15H2,1-3H3. The van der Waals surface area contributed by atoms with Crippen LogP contribution in [0.3, 0.4) is 0 Å². The van der Waals surface area contributed by atoms with E-state index < -0.39 is 0 Å². The van der Waals surface area contributed by atoms with Gasteiger partial charge in [-0.1, -0.05) is 17.7 Å². The Kier molecular flexibility index (Phi) is 3.88. The normalized spacial score (nSPS) is 10.9. The smallest absolute Gasteiger partial charge is 0.0855 e. The van der Waals surface area contributed by atoms with Crippen LogP contribution in [0.1, 0.15) is 17.0 Å². The summed E-state index contributed by atoms with van der Waals surface area (Å²) in [6, 6.07) is 5.95. The number of halogens is 1. The maximum Gasteiger partial charge on any atom is 0.0855 e. The van der Waals surface area contributed by atoms with Crippen molar-refractivity contribution < 1.29 is 0 Å². The van der Waals surface area contributed by atoms with Crippen LogP contribution in [0.25, 0.3) is 0 Å². The molecular weight excluding hydrogens is 266 g/mol. The molecule has 0 aliphatic heterocycles. The van der Waals surface area contributed by atoms with Crippen molar-refractivity contribution >= 4 is 29.1 Å². The fraction of sp³-hybridized carbons (Fsp3) is 0.308. The van der Waals surface area contributed by atoms with Crippen molar-refractivity contribution in [2.45, 2.75) is 24.5 Å². The van der Waals surface area contributed by atoms with Crippen LogP contribution in [0.15, 0.2) is 23.1 Å². The van der Waals surface area contributed by atoms with E-state index >= 15 is 0 Å². The van der Waals surface area contributed by atoms with E-state index in [2.05, 4.69) is 12.0 Å². The van der Waals surface area contributed by atoms with Gasteiger partial charge >= 0.3 is 0 Å². The number of nitrogens with two attached hydrogens (primary N) is 1. The Hall–Kier alpha value is -1.13. The predicted molar refractivity (Wildman–Crippen MR) is 78.1 cm³/mol. The fourth-order valence-electron chi connectivity index (χ4n) is 1.76. The molecule has 0 atom stereocenters. The topological polar surface area (TPSA) is 43.8 Å². The molecule has 0 unspecified atom stereocenters. The molecule has 0 aliphatic carbocycles. The summed E-state index contributed by atoms with van der Waals surface area (Å²) >= 11 is 7.96. The third kappa shape index (κ3) is 2.65. The Morgan fingerprint density at radius 1 is 1.39 bits per heavy atom. The molecule has 2 N–H and O–H groups in total. The van der Waals surface area contributed by atoms with Crippen LogP contribution in [0.4, 0.5) is 5.69 Å². The van der Waals surface area contributed by atoms with E-state index in [0.717, 1.165) is 27.9 Å². The van der Waals surface area contributed by atoms with E-state index in [0.29, 0.717) is 0 Å². The number of hydrogen-bond donors (Lipinski definition) is 1.